The highest BCUT2D eigenvalue weighted by Gasteiger charge is 2.19. The van der Waals surface area contributed by atoms with Crippen LogP contribution in [-0.2, 0) is 22.4 Å². The third-order valence-electron chi connectivity index (χ3n) is 4.69. The van der Waals surface area contributed by atoms with Crippen LogP contribution in [0, 0.1) is 12.8 Å². The van der Waals surface area contributed by atoms with Crippen molar-refractivity contribution in [2.75, 3.05) is 6.54 Å². The molecule has 0 saturated carbocycles. The molecular formula is C22H24N2O3S. The lowest BCUT2D eigenvalue weighted by Crippen LogP contribution is -2.34. The maximum Gasteiger partial charge on any atom is 0.308 e. The molecule has 6 heteroatoms. The highest BCUT2D eigenvalue weighted by Crippen LogP contribution is 2.18. The molecule has 0 aliphatic heterocycles. The Morgan fingerprint density at radius 2 is 1.96 bits per heavy atom. The first-order valence-corrected chi connectivity index (χ1v) is 10.3. The normalized spacial score (nSPS) is 12.0. The van der Waals surface area contributed by atoms with E-state index in [4.69, 9.17) is 0 Å². The summed E-state index contributed by atoms with van der Waals surface area (Å²) in [5.41, 5.74) is 1.97. The number of carboxylic acid groups (broad SMARTS) is 1. The molecule has 0 saturated heterocycles. The van der Waals surface area contributed by atoms with Crippen LogP contribution in [0.5, 0.6) is 0 Å². The van der Waals surface area contributed by atoms with Crippen LogP contribution in [0.25, 0.3) is 10.8 Å². The van der Waals surface area contributed by atoms with Crippen molar-refractivity contribution in [1.29, 1.82) is 0 Å². The number of nitrogens with zero attached hydrogens (tertiary/aromatic N) is 1. The predicted octanol–water partition coefficient (Wildman–Crippen LogP) is 3.99. The summed E-state index contributed by atoms with van der Waals surface area (Å²) >= 11 is 1.61. The Hall–Kier alpha value is -2.73. The standard InChI is InChI=1S/C22H24N2O3S/c1-15-24-20(14-28-15)7-4-8-21(25)23-13-19(22(26)27)12-16-9-10-17-5-2-3-6-18(17)11-16/h2-3,5-6,9-11,14,19H,4,7-8,12-13H2,1H3,(H,23,25)(H,26,27). The Bertz CT molecular complexity index is 967. The van der Waals surface area contributed by atoms with Gasteiger partial charge in [0.15, 0.2) is 0 Å². The summed E-state index contributed by atoms with van der Waals surface area (Å²) in [5.74, 6) is -1.66. The number of amides is 1. The van der Waals surface area contributed by atoms with E-state index in [2.05, 4.69) is 10.3 Å². The molecule has 2 N–H and O–H groups in total. The number of nitrogens with one attached hydrogen (secondary N) is 1. The summed E-state index contributed by atoms with van der Waals surface area (Å²) in [7, 11) is 0. The minimum Gasteiger partial charge on any atom is -0.481 e. The molecule has 0 radical (unpaired) electrons. The molecule has 2 aromatic carbocycles. The summed E-state index contributed by atoms with van der Waals surface area (Å²) < 4.78 is 0. The molecule has 146 valence electrons. The van der Waals surface area contributed by atoms with E-state index in [1.165, 1.54) is 0 Å². The Balaban J connectivity index is 1.49. The Labute approximate surface area is 168 Å². The van der Waals surface area contributed by atoms with Gasteiger partial charge in [-0.1, -0.05) is 42.5 Å². The van der Waals surface area contributed by atoms with Crippen LogP contribution in [0.15, 0.2) is 47.8 Å². The number of rotatable bonds is 9. The van der Waals surface area contributed by atoms with E-state index >= 15 is 0 Å². The van der Waals surface area contributed by atoms with Crippen LogP contribution < -0.4 is 5.32 Å². The number of hydrogen-bond acceptors (Lipinski definition) is 4. The van der Waals surface area contributed by atoms with Crippen molar-refractivity contribution in [3.8, 4) is 0 Å². The van der Waals surface area contributed by atoms with Crippen molar-refractivity contribution < 1.29 is 14.7 Å². The lowest BCUT2D eigenvalue weighted by atomic mass is 9.97. The van der Waals surface area contributed by atoms with Gasteiger partial charge in [0.2, 0.25) is 5.91 Å². The molecule has 5 nitrogen and oxygen atoms in total. The van der Waals surface area contributed by atoms with Gasteiger partial charge in [0, 0.05) is 18.3 Å². The van der Waals surface area contributed by atoms with Gasteiger partial charge in [-0.25, -0.2) is 4.98 Å². The van der Waals surface area contributed by atoms with Crippen molar-refractivity contribution in [3.63, 3.8) is 0 Å². The molecule has 0 bridgehead atoms. The summed E-state index contributed by atoms with van der Waals surface area (Å²) in [6.45, 7) is 2.10. The summed E-state index contributed by atoms with van der Waals surface area (Å²) in [5, 5.41) is 17.6. The first-order chi connectivity index (χ1) is 13.5. The van der Waals surface area contributed by atoms with Crippen LogP contribution in [0.3, 0.4) is 0 Å². The minimum absolute atomic E-state index is 0.114. The maximum absolute atomic E-state index is 12.1. The van der Waals surface area contributed by atoms with Crippen LogP contribution in [-0.4, -0.2) is 28.5 Å². The number of thiazole rings is 1. The number of fused-ring (bicyclic) bond motifs is 1. The summed E-state index contributed by atoms with van der Waals surface area (Å²) in [4.78, 5) is 28.1. The average Bonchev–Trinajstić information content (AvgIpc) is 3.09. The third kappa shape index (κ3) is 5.63. The Morgan fingerprint density at radius 3 is 2.68 bits per heavy atom. The fourth-order valence-electron chi connectivity index (χ4n) is 3.18. The van der Waals surface area contributed by atoms with E-state index in [9.17, 15) is 14.7 Å². The summed E-state index contributed by atoms with van der Waals surface area (Å²) in [6, 6.07) is 14.0. The largest absolute Gasteiger partial charge is 0.481 e. The van der Waals surface area contributed by atoms with Gasteiger partial charge in [-0.3, -0.25) is 9.59 Å². The van der Waals surface area contributed by atoms with Gasteiger partial charge in [0.1, 0.15) is 0 Å². The molecule has 1 amide bonds. The SMILES string of the molecule is Cc1nc(CCCC(=O)NCC(Cc2ccc3ccccc3c2)C(=O)O)cs1. The zero-order valence-electron chi connectivity index (χ0n) is 15.9. The molecule has 28 heavy (non-hydrogen) atoms. The van der Waals surface area contributed by atoms with Crippen molar-refractivity contribution >= 4 is 34.0 Å². The highest BCUT2D eigenvalue weighted by atomic mass is 32.1. The van der Waals surface area contributed by atoms with Crippen LogP contribution >= 0.6 is 11.3 Å². The van der Waals surface area contributed by atoms with Crippen molar-refractivity contribution in [1.82, 2.24) is 10.3 Å². The van der Waals surface area contributed by atoms with Crippen LogP contribution in [0.2, 0.25) is 0 Å². The number of carbonyl (C=O) groups is 2. The molecule has 0 spiro atoms. The lowest BCUT2D eigenvalue weighted by molar-refractivity contribution is -0.141. The second-order valence-corrected chi connectivity index (χ2v) is 8.00. The first-order valence-electron chi connectivity index (χ1n) is 9.39. The smallest absolute Gasteiger partial charge is 0.308 e. The van der Waals surface area contributed by atoms with Crippen LogP contribution in [0.4, 0.5) is 0 Å². The van der Waals surface area contributed by atoms with Gasteiger partial charge in [-0.15, -0.1) is 11.3 Å². The quantitative estimate of drug-likeness (QED) is 0.573. The van der Waals surface area contributed by atoms with Gasteiger partial charge in [0.25, 0.3) is 0 Å². The van der Waals surface area contributed by atoms with Gasteiger partial charge < -0.3 is 10.4 Å². The van der Waals surface area contributed by atoms with E-state index in [0.717, 1.165) is 33.5 Å². The third-order valence-corrected chi connectivity index (χ3v) is 5.52. The molecular weight excluding hydrogens is 372 g/mol. The zero-order valence-corrected chi connectivity index (χ0v) is 16.7. The fraction of sp³-hybridized carbons (Fsp3) is 0.318. The lowest BCUT2D eigenvalue weighted by Gasteiger charge is -2.14. The van der Waals surface area contributed by atoms with Crippen molar-refractivity contribution in [2.45, 2.75) is 32.6 Å². The molecule has 1 atom stereocenters. The zero-order chi connectivity index (χ0) is 19.9. The second-order valence-electron chi connectivity index (χ2n) is 6.94. The van der Waals surface area contributed by atoms with E-state index in [1.54, 1.807) is 11.3 Å². The van der Waals surface area contributed by atoms with E-state index < -0.39 is 11.9 Å². The van der Waals surface area contributed by atoms with Gasteiger partial charge in [-0.05, 0) is 42.5 Å². The number of aliphatic carboxylic acids is 1. The monoisotopic (exact) mass is 396 g/mol. The van der Waals surface area contributed by atoms with Crippen molar-refractivity contribution in [2.24, 2.45) is 5.92 Å². The number of carbonyl (C=O) groups excluding carboxylic acids is 1. The molecule has 0 aliphatic rings. The van der Waals surface area contributed by atoms with E-state index in [0.29, 0.717) is 19.3 Å². The van der Waals surface area contributed by atoms with Gasteiger partial charge in [-0.2, -0.15) is 0 Å². The topological polar surface area (TPSA) is 79.3 Å². The van der Waals surface area contributed by atoms with Crippen LogP contribution in [0.1, 0.15) is 29.1 Å². The first kappa shape index (κ1) is 20.0. The molecule has 1 heterocycles. The van der Waals surface area contributed by atoms with E-state index in [-0.39, 0.29) is 12.5 Å². The second kappa shape index (κ2) is 9.46. The molecule has 1 unspecified atom stereocenters. The summed E-state index contributed by atoms with van der Waals surface area (Å²) in [6.07, 6.45) is 2.23. The van der Waals surface area contributed by atoms with Gasteiger partial charge in [0.05, 0.1) is 16.6 Å². The van der Waals surface area contributed by atoms with Gasteiger partial charge >= 0.3 is 5.97 Å². The molecule has 1 aromatic heterocycles. The van der Waals surface area contributed by atoms with E-state index in [1.807, 2.05) is 54.8 Å². The minimum atomic E-state index is -0.897. The Kier molecular flexibility index (Phi) is 6.76. The number of benzene rings is 2. The Morgan fingerprint density at radius 1 is 1.18 bits per heavy atom. The maximum atomic E-state index is 12.1. The number of carboxylic acids is 1. The molecule has 0 fully saturated rings. The van der Waals surface area contributed by atoms with Crippen molar-refractivity contribution in [3.05, 3.63) is 64.1 Å². The fourth-order valence-corrected chi connectivity index (χ4v) is 3.82. The number of aryl methyl sites for hydroxylation is 2. The number of hydrogen-bond donors (Lipinski definition) is 2. The predicted molar refractivity (Wildman–Crippen MR) is 112 cm³/mol. The average molecular weight is 397 g/mol. The molecule has 3 aromatic rings. The number of aromatic nitrogens is 1. The molecule has 0 aliphatic carbocycles. The molecule has 3 rings (SSSR count). The highest BCUT2D eigenvalue weighted by molar-refractivity contribution is 7.09.